The molecule has 1 aliphatic rings. The number of aromatic nitrogens is 3. The zero-order chi connectivity index (χ0) is 16.2. The van der Waals surface area contributed by atoms with Gasteiger partial charge in [0.05, 0.1) is 6.61 Å². The predicted octanol–water partition coefficient (Wildman–Crippen LogP) is 1.48. The van der Waals surface area contributed by atoms with Crippen LogP contribution in [-0.4, -0.2) is 52.1 Å². The van der Waals surface area contributed by atoms with E-state index in [2.05, 4.69) is 9.97 Å². The molecule has 0 radical (unpaired) electrons. The molecule has 2 aromatic heterocycles. The maximum Gasteiger partial charge on any atom is 0.242 e. The van der Waals surface area contributed by atoms with E-state index < -0.39 is 0 Å². The fourth-order valence-electron chi connectivity index (χ4n) is 3.20. The highest BCUT2D eigenvalue weighted by molar-refractivity contribution is 5.76. The van der Waals surface area contributed by atoms with Crippen LogP contribution in [0.15, 0.2) is 36.8 Å². The molecule has 0 aliphatic carbocycles. The van der Waals surface area contributed by atoms with Crippen LogP contribution in [-0.2, 0) is 16.1 Å². The van der Waals surface area contributed by atoms with Crippen LogP contribution in [0.5, 0.6) is 0 Å². The fourth-order valence-corrected chi connectivity index (χ4v) is 3.20. The Labute approximate surface area is 136 Å². The lowest BCUT2D eigenvalue weighted by Gasteiger charge is -2.17. The number of pyridine rings is 1. The monoisotopic (exact) mass is 314 g/mol. The lowest BCUT2D eigenvalue weighted by Crippen LogP contribution is -2.32. The van der Waals surface area contributed by atoms with Crippen LogP contribution in [0.2, 0.25) is 0 Å². The summed E-state index contributed by atoms with van der Waals surface area (Å²) in [6.07, 6.45) is 5.36. The average Bonchev–Trinajstić information content (AvgIpc) is 3.16. The number of likely N-dealkylation sites (tertiary alicyclic amines) is 1. The summed E-state index contributed by atoms with van der Waals surface area (Å²) in [4.78, 5) is 23.2. The number of imidazole rings is 1. The molecule has 3 heterocycles. The molecule has 0 saturated carbocycles. The molecule has 2 aromatic rings. The van der Waals surface area contributed by atoms with Crippen molar-refractivity contribution >= 4 is 5.91 Å². The molecule has 1 fully saturated rings. The molecule has 1 saturated heterocycles. The topological polar surface area (TPSA) is 60.2 Å². The Morgan fingerprint density at radius 1 is 1.30 bits per heavy atom. The molecule has 0 aromatic carbocycles. The zero-order valence-electron chi connectivity index (χ0n) is 13.6. The predicted molar refractivity (Wildman–Crippen MR) is 85.9 cm³/mol. The molecule has 6 nitrogen and oxygen atoms in total. The third-order valence-electron chi connectivity index (χ3n) is 4.47. The molecule has 0 spiro atoms. The highest BCUT2D eigenvalue weighted by atomic mass is 16.5. The van der Waals surface area contributed by atoms with Gasteiger partial charge in [-0.2, -0.15) is 0 Å². The molecule has 122 valence electrons. The van der Waals surface area contributed by atoms with Crippen molar-refractivity contribution in [3.63, 3.8) is 0 Å². The SMILES string of the molecule is COC[C@@H]1CN(C(=O)Cn2ccnc2C)C[C@H]1c1ccccn1. The normalized spacial score (nSPS) is 20.9. The number of hydrogen-bond acceptors (Lipinski definition) is 4. The Hall–Kier alpha value is -2.21. The summed E-state index contributed by atoms with van der Waals surface area (Å²) in [5.74, 6) is 1.48. The van der Waals surface area contributed by atoms with Crippen molar-refractivity contribution in [2.45, 2.75) is 19.4 Å². The molecule has 0 unspecified atom stereocenters. The maximum absolute atomic E-state index is 12.6. The molecule has 6 heteroatoms. The lowest BCUT2D eigenvalue weighted by atomic mass is 9.93. The van der Waals surface area contributed by atoms with Gasteiger partial charge in [-0.25, -0.2) is 4.98 Å². The number of amides is 1. The average molecular weight is 314 g/mol. The summed E-state index contributed by atoms with van der Waals surface area (Å²) in [5.41, 5.74) is 1.03. The van der Waals surface area contributed by atoms with E-state index in [0.717, 1.165) is 11.5 Å². The van der Waals surface area contributed by atoms with Crippen LogP contribution in [0.25, 0.3) is 0 Å². The summed E-state index contributed by atoms with van der Waals surface area (Å²) in [6, 6.07) is 5.93. The molecular formula is C17H22N4O2. The van der Waals surface area contributed by atoms with E-state index in [1.165, 1.54) is 0 Å². The summed E-state index contributed by atoms with van der Waals surface area (Å²) in [6.45, 7) is 4.27. The van der Waals surface area contributed by atoms with E-state index in [0.29, 0.717) is 26.2 Å². The van der Waals surface area contributed by atoms with Crippen LogP contribution < -0.4 is 0 Å². The maximum atomic E-state index is 12.6. The van der Waals surface area contributed by atoms with Crippen molar-refractivity contribution in [2.24, 2.45) is 5.92 Å². The standard InChI is InChI=1S/C17H22N4O2/c1-13-18-7-8-20(13)11-17(22)21-9-14(12-23-2)15(10-21)16-5-3-4-6-19-16/h3-8,14-15H,9-12H2,1-2H3/t14-,15+/m0/s1. The first kappa shape index (κ1) is 15.7. The van der Waals surface area contributed by atoms with Crippen molar-refractivity contribution in [1.29, 1.82) is 0 Å². The van der Waals surface area contributed by atoms with Gasteiger partial charge in [-0.05, 0) is 19.1 Å². The quantitative estimate of drug-likeness (QED) is 0.838. The number of carbonyl (C=O) groups is 1. The van der Waals surface area contributed by atoms with Gasteiger partial charge in [-0.1, -0.05) is 6.07 Å². The Balaban J connectivity index is 1.72. The van der Waals surface area contributed by atoms with Crippen molar-refractivity contribution in [2.75, 3.05) is 26.8 Å². The third kappa shape index (κ3) is 3.42. The van der Waals surface area contributed by atoms with Crippen LogP contribution in [0.1, 0.15) is 17.4 Å². The molecule has 1 aliphatic heterocycles. The second-order valence-electron chi connectivity index (χ2n) is 5.98. The second kappa shape index (κ2) is 6.91. The van der Waals surface area contributed by atoms with Crippen molar-refractivity contribution in [3.8, 4) is 0 Å². The molecule has 1 amide bonds. The van der Waals surface area contributed by atoms with Gasteiger partial charge >= 0.3 is 0 Å². The minimum Gasteiger partial charge on any atom is -0.384 e. The van der Waals surface area contributed by atoms with Gasteiger partial charge in [0.25, 0.3) is 0 Å². The van der Waals surface area contributed by atoms with Gasteiger partial charge in [0.1, 0.15) is 12.4 Å². The van der Waals surface area contributed by atoms with E-state index in [4.69, 9.17) is 4.74 Å². The van der Waals surface area contributed by atoms with E-state index in [1.54, 1.807) is 19.5 Å². The minimum absolute atomic E-state index is 0.116. The number of carbonyl (C=O) groups excluding carboxylic acids is 1. The highest BCUT2D eigenvalue weighted by Crippen LogP contribution is 2.31. The van der Waals surface area contributed by atoms with E-state index >= 15 is 0 Å². The third-order valence-corrected chi connectivity index (χ3v) is 4.47. The molecule has 3 rings (SSSR count). The minimum atomic E-state index is 0.116. The Bertz CT molecular complexity index is 656. The molecule has 0 N–H and O–H groups in total. The fraction of sp³-hybridized carbons (Fsp3) is 0.471. The van der Waals surface area contributed by atoms with Crippen molar-refractivity contribution < 1.29 is 9.53 Å². The second-order valence-corrected chi connectivity index (χ2v) is 5.98. The Morgan fingerprint density at radius 3 is 2.83 bits per heavy atom. The number of ether oxygens (including phenoxy) is 1. The number of rotatable bonds is 5. The highest BCUT2D eigenvalue weighted by Gasteiger charge is 2.36. The van der Waals surface area contributed by atoms with Crippen LogP contribution in [0.4, 0.5) is 0 Å². The van der Waals surface area contributed by atoms with Crippen molar-refractivity contribution in [3.05, 3.63) is 48.3 Å². The summed E-state index contributed by atoms with van der Waals surface area (Å²) >= 11 is 0. The summed E-state index contributed by atoms with van der Waals surface area (Å²) in [5, 5.41) is 0. The molecule has 23 heavy (non-hydrogen) atoms. The van der Waals surface area contributed by atoms with Gasteiger partial charge < -0.3 is 14.2 Å². The van der Waals surface area contributed by atoms with Gasteiger partial charge in [0.15, 0.2) is 0 Å². The molecule has 0 bridgehead atoms. The Kier molecular flexibility index (Phi) is 4.71. The first-order chi connectivity index (χ1) is 11.2. The van der Waals surface area contributed by atoms with Crippen LogP contribution >= 0.6 is 0 Å². The van der Waals surface area contributed by atoms with Gasteiger partial charge in [-0.3, -0.25) is 9.78 Å². The van der Waals surface area contributed by atoms with Crippen molar-refractivity contribution in [1.82, 2.24) is 19.4 Å². The number of aryl methyl sites for hydroxylation is 1. The number of hydrogen-bond donors (Lipinski definition) is 0. The number of methoxy groups -OCH3 is 1. The van der Waals surface area contributed by atoms with Crippen LogP contribution in [0, 0.1) is 12.8 Å². The lowest BCUT2D eigenvalue weighted by molar-refractivity contribution is -0.131. The molecular weight excluding hydrogens is 292 g/mol. The summed E-state index contributed by atoms with van der Waals surface area (Å²) in [7, 11) is 1.70. The number of nitrogens with zero attached hydrogens (tertiary/aromatic N) is 4. The smallest absolute Gasteiger partial charge is 0.242 e. The Morgan fingerprint density at radius 2 is 2.17 bits per heavy atom. The first-order valence-corrected chi connectivity index (χ1v) is 7.84. The van der Waals surface area contributed by atoms with Crippen LogP contribution in [0.3, 0.4) is 0 Å². The van der Waals surface area contributed by atoms with Gasteiger partial charge in [0.2, 0.25) is 5.91 Å². The van der Waals surface area contributed by atoms with E-state index in [-0.39, 0.29) is 17.7 Å². The zero-order valence-corrected chi connectivity index (χ0v) is 13.6. The van der Waals surface area contributed by atoms with Gasteiger partial charge in [-0.15, -0.1) is 0 Å². The van der Waals surface area contributed by atoms with E-state index in [9.17, 15) is 4.79 Å². The molecule has 2 atom stereocenters. The summed E-state index contributed by atoms with van der Waals surface area (Å²) < 4.78 is 7.23. The van der Waals surface area contributed by atoms with Gasteiger partial charge in [0, 0.05) is 56.3 Å². The van der Waals surface area contributed by atoms with E-state index in [1.807, 2.05) is 40.8 Å². The first-order valence-electron chi connectivity index (χ1n) is 7.84. The largest absolute Gasteiger partial charge is 0.384 e.